The molecule has 0 N–H and O–H groups in total. The van der Waals surface area contributed by atoms with E-state index in [1.54, 1.807) is 0 Å². The van der Waals surface area contributed by atoms with Crippen LogP contribution in [0, 0.1) is 0 Å². The molecule has 0 fully saturated rings. The second-order valence-electron chi connectivity index (χ2n) is 14.5. The van der Waals surface area contributed by atoms with Gasteiger partial charge in [-0.1, -0.05) is 182 Å². The van der Waals surface area contributed by atoms with Gasteiger partial charge in [-0.3, -0.25) is 0 Å². The Hall–Kier alpha value is -7.00. The van der Waals surface area contributed by atoms with Crippen LogP contribution in [0.15, 0.2) is 212 Å². The molecular formula is C54H35NS. The fourth-order valence-electron chi connectivity index (χ4n) is 8.59. The van der Waals surface area contributed by atoms with Crippen molar-refractivity contribution in [2.24, 2.45) is 0 Å². The first-order valence-corrected chi connectivity index (χ1v) is 20.0. The first-order valence-electron chi connectivity index (χ1n) is 19.2. The topological polar surface area (TPSA) is 3.24 Å². The van der Waals surface area contributed by atoms with Gasteiger partial charge in [0.25, 0.3) is 0 Å². The lowest BCUT2D eigenvalue weighted by atomic mass is 9.92. The van der Waals surface area contributed by atoms with E-state index in [1.807, 2.05) is 11.3 Å². The molecule has 56 heavy (non-hydrogen) atoms. The van der Waals surface area contributed by atoms with E-state index in [4.69, 9.17) is 0 Å². The average Bonchev–Trinajstić information content (AvgIpc) is 3.66. The summed E-state index contributed by atoms with van der Waals surface area (Å²) in [5, 5.41) is 10.1. The molecule has 0 radical (unpaired) electrons. The SMILES string of the molecule is c1ccc(-c2ccc(-c3cccc(N(c4cccc5ccccc45)c4cccc5c4sc4c6ccccc6c(-c6cccc7ccccc67)cc54)c3)cc2)cc1. The van der Waals surface area contributed by atoms with E-state index in [0.717, 1.165) is 11.4 Å². The van der Waals surface area contributed by atoms with E-state index < -0.39 is 0 Å². The minimum absolute atomic E-state index is 1.12. The predicted octanol–water partition coefficient (Wildman–Crippen LogP) is 16.0. The van der Waals surface area contributed by atoms with E-state index in [0.29, 0.717) is 0 Å². The van der Waals surface area contributed by atoms with Crippen molar-refractivity contribution >= 4 is 80.9 Å². The van der Waals surface area contributed by atoms with E-state index >= 15 is 0 Å². The number of anilines is 3. The van der Waals surface area contributed by atoms with Gasteiger partial charge in [-0.25, -0.2) is 0 Å². The largest absolute Gasteiger partial charge is 0.308 e. The molecule has 10 aromatic carbocycles. The van der Waals surface area contributed by atoms with Gasteiger partial charge in [-0.15, -0.1) is 11.3 Å². The van der Waals surface area contributed by atoms with Crippen molar-refractivity contribution < 1.29 is 0 Å². The Kier molecular flexibility index (Phi) is 7.75. The number of nitrogens with zero attached hydrogens (tertiary/aromatic N) is 1. The third-order valence-corrected chi connectivity index (χ3v) is 12.5. The molecule has 0 spiro atoms. The summed E-state index contributed by atoms with van der Waals surface area (Å²) in [7, 11) is 0. The lowest BCUT2D eigenvalue weighted by Gasteiger charge is -2.28. The van der Waals surface area contributed by atoms with Crippen LogP contribution in [0.3, 0.4) is 0 Å². The van der Waals surface area contributed by atoms with Gasteiger partial charge in [0, 0.05) is 31.9 Å². The third kappa shape index (κ3) is 5.38. The molecule has 1 heterocycles. The van der Waals surface area contributed by atoms with Crippen LogP contribution in [0.2, 0.25) is 0 Å². The van der Waals surface area contributed by atoms with Crippen LogP contribution in [0.1, 0.15) is 0 Å². The molecule has 0 aliphatic carbocycles. The highest BCUT2D eigenvalue weighted by Gasteiger charge is 2.22. The van der Waals surface area contributed by atoms with Crippen LogP contribution in [0.4, 0.5) is 17.1 Å². The van der Waals surface area contributed by atoms with E-state index in [1.165, 1.54) is 91.6 Å². The number of hydrogen-bond donors (Lipinski definition) is 0. The highest BCUT2D eigenvalue weighted by molar-refractivity contribution is 7.27. The van der Waals surface area contributed by atoms with Crippen molar-refractivity contribution in [3.05, 3.63) is 212 Å². The lowest BCUT2D eigenvalue weighted by Crippen LogP contribution is -2.10. The minimum Gasteiger partial charge on any atom is -0.308 e. The van der Waals surface area contributed by atoms with E-state index in [2.05, 4.69) is 217 Å². The molecule has 1 nitrogen and oxygen atoms in total. The summed E-state index contributed by atoms with van der Waals surface area (Å²) in [4.78, 5) is 2.48. The van der Waals surface area contributed by atoms with Gasteiger partial charge in [0.05, 0.1) is 16.1 Å². The van der Waals surface area contributed by atoms with Gasteiger partial charge < -0.3 is 4.90 Å². The van der Waals surface area contributed by atoms with Gasteiger partial charge >= 0.3 is 0 Å². The molecule has 0 aliphatic rings. The molecule has 2 heteroatoms. The maximum atomic E-state index is 2.48. The lowest BCUT2D eigenvalue weighted by molar-refractivity contribution is 1.32. The number of benzene rings is 10. The van der Waals surface area contributed by atoms with Crippen LogP contribution in [0.25, 0.3) is 85.9 Å². The average molecular weight is 730 g/mol. The van der Waals surface area contributed by atoms with Crippen molar-refractivity contribution in [2.45, 2.75) is 0 Å². The zero-order chi connectivity index (χ0) is 37.0. The molecule has 0 atom stereocenters. The molecule has 0 amide bonds. The van der Waals surface area contributed by atoms with Crippen molar-refractivity contribution in [1.82, 2.24) is 0 Å². The Morgan fingerprint density at radius 3 is 1.61 bits per heavy atom. The van der Waals surface area contributed by atoms with Crippen LogP contribution in [-0.4, -0.2) is 0 Å². The summed E-state index contributed by atoms with van der Waals surface area (Å²) < 4.78 is 2.59. The number of hydrogen-bond acceptors (Lipinski definition) is 2. The molecule has 0 aliphatic heterocycles. The number of thiophene rings is 1. The fraction of sp³-hybridized carbons (Fsp3) is 0. The minimum atomic E-state index is 1.12. The molecule has 11 rings (SSSR count). The summed E-state index contributed by atoms with van der Waals surface area (Å²) in [6.45, 7) is 0. The Labute approximate surface area is 330 Å². The Bertz CT molecular complexity index is 3240. The highest BCUT2D eigenvalue weighted by Crippen LogP contribution is 2.50. The fourth-order valence-corrected chi connectivity index (χ4v) is 9.91. The van der Waals surface area contributed by atoms with Gasteiger partial charge in [-0.05, 0) is 85.3 Å². The van der Waals surface area contributed by atoms with Crippen LogP contribution < -0.4 is 4.90 Å². The van der Waals surface area contributed by atoms with Crippen molar-refractivity contribution in [2.75, 3.05) is 4.90 Å². The second kappa shape index (κ2) is 13.4. The molecule has 1 aromatic heterocycles. The van der Waals surface area contributed by atoms with E-state index in [-0.39, 0.29) is 0 Å². The van der Waals surface area contributed by atoms with Gasteiger partial charge in [0.2, 0.25) is 0 Å². The molecule has 0 saturated heterocycles. The number of rotatable bonds is 6. The Morgan fingerprint density at radius 1 is 0.286 bits per heavy atom. The summed E-state index contributed by atoms with van der Waals surface area (Å²) in [5.74, 6) is 0. The quantitative estimate of drug-likeness (QED) is 0.165. The molecule has 0 bridgehead atoms. The monoisotopic (exact) mass is 729 g/mol. The maximum Gasteiger partial charge on any atom is 0.0640 e. The molecule has 0 saturated carbocycles. The summed E-state index contributed by atoms with van der Waals surface area (Å²) >= 11 is 1.91. The van der Waals surface area contributed by atoms with Gasteiger partial charge in [-0.2, -0.15) is 0 Å². The zero-order valence-corrected chi connectivity index (χ0v) is 31.4. The number of fused-ring (bicyclic) bond motifs is 7. The van der Waals surface area contributed by atoms with Crippen molar-refractivity contribution in [3.63, 3.8) is 0 Å². The summed E-state index contributed by atoms with van der Waals surface area (Å²) in [6, 6.07) is 77.6. The van der Waals surface area contributed by atoms with Crippen molar-refractivity contribution in [3.8, 4) is 33.4 Å². The summed E-state index contributed by atoms with van der Waals surface area (Å²) in [6.07, 6.45) is 0. The van der Waals surface area contributed by atoms with Crippen LogP contribution in [-0.2, 0) is 0 Å². The first kappa shape index (κ1) is 32.4. The standard InChI is InChI=1S/C54H35NS/c1-2-14-36(15-3-1)37-30-32-38(33-31-37)41-20-10-21-42(34-41)55(51-28-12-19-40-17-5-7-23-44(40)51)52-29-13-27-48-50-35-49(45-26-11-18-39-16-4-6-22-43(39)45)46-24-8-9-25-47(46)53(50)56-54(48)52/h1-35H. The second-order valence-corrected chi connectivity index (χ2v) is 15.5. The van der Waals surface area contributed by atoms with E-state index in [9.17, 15) is 0 Å². The smallest absolute Gasteiger partial charge is 0.0640 e. The van der Waals surface area contributed by atoms with Crippen LogP contribution >= 0.6 is 11.3 Å². The van der Waals surface area contributed by atoms with Crippen molar-refractivity contribution in [1.29, 1.82) is 0 Å². The molecule has 11 aromatic rings. The molecule has 0 unspecified atom stereocenters. The molecular weight excluding hydrogens is 695 g/mol. The zero-order valence-electron chi connectivity index (χ0n) is 30.6. The van der Waals surface area contributed by atoms with Gasteiger partial charge in [0.15, 0.2) is 0 Å². The predicted molar refractivity (Wildman–Crippen MR) is 243 cm³/mol. The van der Waals surface area contributed by atoms with Crippen LogP contribution in [0.5, 0.6) is 0 Å². The maximum absolute atomic E-state index is 2.48. The Balaban J connectivity index is 1.14. The molecule has 262 valence electrons. The Morgan fingerprint density at radius 2 is 0.804 bits per heavy atom. The van der Waals surface area contributed by atoms with Gasteiger partial charge in [0.1, 0.15) is 0 Å². The summed E-state index contributed by atoms with van der Waals surface area (Å²) in [5.41, 5.74) is 10.8. The normalized spacial score (nSPS) is 11.6. The highest BCUT2D eigenvalue weighted by atomic mass is 32.1. The first-order chi connectivity index (χ1) is 27.8. The third-order valence-electron chi connectivity index (χ3n) is 11.2.